The van der Waals surface area contributed by atoms with E-state index in [2.05, 4.69) is 33.8 Å². The Labute approximate surface area is 129 Å². The number of hydrogen-bond donors (Lipinski definition) is 3. The Morgan fingerprint density at radius 2 is 1.95 bits per heavy atom. The summed E-state index contributed by atoms with van der Waals surface area (Å²) < 4.78 is 18.7. The minimum atomic E-state index is -1.33. The van der Waals surface area contributed by atoms with Crippen LogP contribution >= 0.6 is 0 Å². The van der Waals surface area contributed by atoms with E-state index in [4.69, 9.17) is 4.74 Å². The van der Waals surface area contributed by atoms with Crippen LogP contribution in [-0.4, -0.2) is 34.9 Å². The fourth-order valence-corrected chi connectivity index (χ4v) is 1.67. The molecule has 0 aliphatic carbocycles. The van der Waals surface area contributed by atoms with Crippen LogP contribution in [0.2, 0.25) is 0 Å². The van der Waals surface area contributed by atoms with Gasteiger partial charge in [0.15, 0.2) is 6.30 Å². The molecular weight excluding hydrogens is 287 g/mol. The maximum absolute atomic E-state index is 13.9. The van der Waals surface area contributed by atoms with Crippen LogP contribution in [0.15, 0.2) is 31.4 Å². The minimum absolute atomic E-state index is 0.162. The van der Waals surface area contributed by atoms with Crippen LogP contribution in [0, 0.1) is 6.92 Å². The fourth-order valence-electron chi connectivity index (χ4n) is 1.67. The summed E-state index contributed by atoms with van der Waals surface area (Å²) in [6, 6.07) is 0. The van der Waals surface area contributed by atoms with Gasteiger partial charge in [0.05, 0.1) is 5.56 Å². The van der Waals surface area contributed by atoms with Gasteiger partial charge in [-0.1, -0.05) is 37.5 Å². The summed E-state index contributed by atoms with van der Waals surface area (Å²) in [7, 11) is 1.34. The summed E-state index contributed by atoms with van der Waals surface area (Å²) in [5, 5.41) is 14.8. The molecule has 22 heavy (non-hydrogen) atoms. The Balaban J connectivity index is 3.00. The predicted octanol–water partition coefficient (Wildman–Crippen LogP) is 2.60. The molecule has 0 aliphatic heterocycles. The molecule has 1 aromatic heterocycles. The van der Waals surface area contributed by atoms with E-state index in [1.54, 1.807) is 25.2 Å². The summed E-state index contributed by atoms with van der Waals surface area (Å²) in [5.74, 6) is 0.994. The third-order valence-corrected chi connectivity index (χ3v) is 2.65. The summed E-state index contributed by atoms with van der Waals surface area (Å²) in [5.41, 5.74) is 0.442. The Morgan fingerprint density at radius 1 is 1.32 bits per heavy atom. The molecule has 0 bridgehead atoms. The van der Waals surface area contributed by atoms with Crippen molar-refractivity contribution < 1.29 is 14.2 Å². The van der Waals surface area contributed by atoms with Gasteiger partial charge in [-0.15, -0.1) is 0 Å². The number of methoxy groups -OCH3 is 1. The second-order valence-corrected chi connectivity index (χ2v) is 4.33. The average molecular weight is 308 g/mol. The lowest BCUT2D eigenvalue weighted by Crippen LogP contribution is -2.23. The number of nitrogens with one attached hydrogen (secondary N) is 2. The molecule has 1 rings (SSSR count). The highest BCUT2D eigenvalue weighted by Gasteiger charge is 2.15. The molecule has 0 aromatic carbocycles. The molecule has 120 valence electrons. The standard InChI is InChI=1S/C15H21FN4O2/c1-5-7-8-9-12(16)19-13-11(6-2)14(18-10(3)17-13)20-15(21)22-4/h5-8,12,15,21H,1-2,9H2,3-4H3,(H2,17,18,19,20)/b8-7-. The van der Waals surface area contributed by atoms with Crippen molar-refractivity contribution in [2.45, 2.75) is 26.1 Å². The van der Waals surface area contributed by atoms with Crippen molar-refractivity contribution in [1.82, 2.24) is 9.97 Å². The number of ether oxygens (including phenoxy) is 1. The van der Waals surface area contributed by atoms with Crippen molar-refractivity contribution in [2.75, 3.05) is 17.7 Å². The number of anilines is 2. The third kappa shape index (κ3) is 5.27. The maximum Gasteiger partial charge on any atom is 0.236 e. The summed E-state index contributed by atoms with van der Waals surface area (Å²) >= 11 is 0. The molecule has 7 heteroatoms. The molecule has 0 spiro atoms. The molecule has 2 unspecified atom stereocenters. The average Bonchev–Trinajstić information content (AvgIpc) is 2.47. The number of hydrogen-bond acceptors (Lipinski definition) is 6. The van der Waals surface area contributed by atoms with Crippen molar-refractivity contribution >= 4 is 17.7 Å². The highest BCUT2D eigenvalue weighted by atomic mass is 19.1. The van der Waals surface area contributed by atoms with Gasteiger partial charge < -0.3 is 20.5 Å². The molecule has 2 atom stereocenters. The topological polar surface area (TPSA) is 79.3 Å². The lowest BCUT2D eigenvalue weighted by Gasteiger charge is -2.18. The van der Waals surface area contributed by atoms with Gasteiger partial charge in [-0.25, -0.2) is 14.4 Å². The van der Waals surface area contributed by atoms with Crippen LogP contribution in [0.25, 0.3) is 6.08 Å². The quantitative estimate of drug-likeness (QED) is 0.370. The summed E-state index contributed by atoms with van der Waals surface area (Å²) in [4.78, 5) is 8.32. The maximum atomic E-state index is 13.9. The number of aryl methyl sites for hydroxylation is 1. The molecule has 0 saturated heterocycles. The Morgan fingerprint density at radius 3 is 2.50 bits per heavy atom. The zero-order valence-electron chi connectivity index (χ0n) is 12.7. The first kappa shape index (κ1) is 17.8. The fraction of sp³-hybridized carbons (Fsp3) is 0.333. The lowest BCUT2D eigenvalue weighted by molar-refractivity contribution is -0.0512. The number of nitrogens with zero attached hydrogens (tertiary/aromatic N) is 2. The third-order valence-electron chi connectivity index (χ3n) is 2.65. The van der Waals surface area contributed by atoms with Crippen molar-refractivity contribution in [2.24, 2.45) is 0 Å². The Kier molecular flexibility index (Phi) is 7.21. The molecule has 0 saturated carbocycles. The molecule has 0 amide bonds. The predicted molar refractivity (Wildman–Crippen MR) is 86.0 cm³/mol. The van der Waals surface area contributed by atoms with Gasteiger partial charge in [-0.05, 0) is 6.92 Å². The van der Waals surface area contributed by atoms with E-state index in [0.29, 0.717) is 17.2 Å². The molecule has 6 nitrogen and oxygen atoms in total. The number of aliphatic hydroxyl groups excluding tert-OH is 1. The van der Waals surface area contributed by atoms with E-state index < -0.39 is 12.7 Å². The number of alkyl halides is 1. The first-order valence-corrected chi connectivity index (χ1v) is 6.68. The van der Waals surface area contributed by atoms with Crippen molar-refractivity contribution in [1.29, 1.82) is 0 Å². The molecule has 0 fully saturated rings. The van der Waals surface area contributed by atoms with E-state index >= 15 is 0 Å². The van der Waals surface area contributed by atoms with Gasteiger partial charge >= 0.3 is 0 Å². The van der Waals surface area contributed by atoms with Gasteiger partial charge in [0.2, 0.25) is 6.41 Å². The van der Waals surface area contributed by atoms with Crippen LogP contribution < -0.4 is 10.6 Å². The molecule has 3 N–H and O–H groups in total. The normalized spacial score (nSPS) is 13.6. The molecule has 1 heterocycles. The second-order valence-electron chi connectivity index (χ2n) is 4.33. The van der Waals surface area contributed by atoms with Crippen LogP contribution in [0.5, 0.6) is 0 Å². The summed E-state index contributed by atoms with van der Waals surface area (Å²) in [6.07, 6.45) is 3.95. The Bertz CT molecular complexity index is 549. The first-order valence-electron chi connectivity index (χ1n) is 6.68. The number of aliphatic hydroxyl groups is 1. The van der Waals surface area contributed by atoms with Crippen LogP contribution in [0.1, 0.15) is 17.8 Å². The number of rotatable bonds is 9. The lowest BCUT2D eigenvalue weighted by atomic mass is 10.2. The monoisotopic (exact) mass is 308 g/mol. The zero-order chi connectivity index (χ0) is 16.5. The van der Waals surface area contributed by atoms with Crippen LogP contribution in [0.3, 0.4) is 0 Å². The minimum Gasteiger partial charge on any atom is -0.351 e. The van der Waals surface area contributed by atoms with Gasteiger partial charge in [0.1, 0.15) is 17.5 Å². The van der Waals surface area contributed by atoms with E-state index in [9.17, 15) is 9.50 Å². The molecule has 0 radical (unpaired) electrons. The zero-order valence-corrected chi connectivity index (χ0v) is 12.7. The van der Waals surface area contributed by atoms with Gasteiger partial charge in [0.25, 0.3) is 0 Å². The number of allylic oxidation sites excluding steroid dienone is 2. The van der Waals surface area contributed by atoms with Gasteiger partial charge in [0, 0.05) is 13.5 Å². The van der Waals surface area contributed by atoms with Gasteiger partial charge in [-0.2, -0.15) is 0 Å². The SMILES string of the molecule is C=C/C=C\CC(F)Nc1nc(C)nc(NC(O)OC)c1C=C. The van der Waals surface area contributed by atoms with E-state index in [0.717, 1.165) is 0 Å². The van der Waals surface area contributed by atoms with Crippen LogP contribution in [0.4, 0.5) is 16.0 Å². The Hall–Kier alpha value is -2.25. The van der Waals surface area contributed by atoms with Crippen molar-refractivity contribution in [3.63, 3.8) is 0 Å². The highest BCUT2D eigenvalue weighted by molar-refractivity contribution is 5.72. The smallest absolute Gasteiger partial charge is 0.236 e. The largest absolute Gasteiger partial charge is 0.351 e. The second kappa shape index (κ2) is 8.91. The number of aromatic nitrogens is 2. The van der Waals surface area contributed by atoms with Gasteiger partial charge in [-0.3, -0.25) is 0 Å². The highest BCUT2D eigenvalue weighted by Crippen LogP contribution is 2.24. The van der Waals surface area contributed by atoms with E-state index in [-0.39, 0.29) is 12.2 Å². The first-order chi connectivity index (χ1) is 10.5. The van der Waals surface area contributed by atoms with E-state index in [1.807, 2.05) is 0 Å². The summed E-state index contributed by atoms with van der Waals surface area (Å²) in [6.45, 7) is 8.85. The van der Waals surface area contributed by atoms with Crippen molar-refractivity contribution in [3.05, 3.63) is 42.8 Å². The molecule has 0 aliphatic rings. The van der Waals surface area contributed by atoms with E-state index in [1.165, 1.54) is 13.2 Å². The van der Waals surface area contributed by atoms with Crippen molar-refractivity contribution in [3.8, 4) is 0 Å². The molecular formula is C15H21FN4O2. The number of halogens is 1. The molecule has 1 aromatic rings. The van der Waals surface area contributed by atoms with Crippen LogP contribution in [-0.2, 0) is 4.74 Å².